The van der Waals surface area contributed by atoms with E-state index in [-0.39, 0.29) is 0 Å². The van der Waals surface area contributed by atoms with Crippen LogP contribution >= 0.6 is 11.6 Å². The summed E-state index contributed by atoms with van der Waals surface area (Å²) >= 11 is 5.84. The molecule has 0 amide bonds. The first-order chi connectivity index (χ1) is 6.81. The van der Waals surface area contributed by atoms with Crippen LogP contribution < -0.4 is 4.90 Å². The number of hydrogen-bond donors (Lipinski definition) is 0. The van der Waals surface area contributed by atoms with Gasteiger partial charge in [0.15, 0.2) is 0 Å². The molecular weight excluding hydrogens is 198 g/mol. The van der Waals surface area contributed by atoms with E-state index in [1.54, 1.807) is 0 Å². The molecule has 0 aliphatic carbocycles. The van der Waals surface area contributed by atoms with Gasteiger partial charge < -0.3 is 9.47 Å². The summed E-state index contributed by atoms with van der Waals surface area (Å²) in [5.74, 6) is 2.58. The molecule has 1 fully saturated rings. The van der Waals surface area contributed by atoms with Crippen molar-refractivity contribution in [3.8, 4) is 0 Å². The Labute approximate surface area is 89.7 Å². The SMILES string of the molecule is Cn1ccnc1N1CCC(CCl)CC1. The average molecular weight is 214 g/mol. The third kappa shape index (κ3) is 1.87. The Morgan fingerprint density at radius 2 is 2.21 bits per heavy atom. The van der Waals surface area contributed by atoms with Gasteiger partial charge in [-0.3, -0.25) is 0 Å². The molecule has 4 heteroatoms. The molecular formula is C10H16ClN3. The molecule has 14 heavy (non-hydrogen) atoms. The first-order valence-electron chi connectivity index (χ1n) is 5.09. The maximum absolute atomic E-state index is 5.84. The van der Waals surface area contributed by atoms with Gasteiger partial charge in [0.25, 0.3) is 0 Å². The summed E-state index contributed by atoms with van der Waals surface area (Å²) in [6.45, 7) is 2.17. The molecule has 1 aromatic rings. The van der Waals surface area contributed by atoms with Crippen molar-refractivity contribution in [3.05, 3.63) is 12.4 Å². The number of piperidine rings is 1. The third-order valence-corrected chi connectivity index (χ3v) is 3.35. The van der Waals surface area contributed by atoms with Crippen LogP contribution in [-0.4, -0.2) is 28.5 Å². The zero-order chi connectivity index (χ0) is 9.97. The molecule has 1 aliphatic heterocycles. The predicted octanol–water partition coefficient (Wildman–Crippen LogP) is 1.88. The highest BCUT2D eigenvalue weighted by Gasteiger charge is 2.20. The summed E-state index contributed by atoms with van der Waals surface area (Å²) in [4.78, 5) is 6.68. The Hall–Kier alpha value is -0.700. The van der Waals surface area contributed by atoms with Crippen LogP contribution in [0.1, 0.15) is 12.8 Å². The summed E-state index contributed by atoms with van der Waals surface area (Å²) in [5, 5.41) is 0. The molecule has 1 aliphatic rings. The third-order valence-electron chi connectivity index (χ3n) is 2.91. The van der Waals surface area contributed by atoms with Crippen LogP contribution in [0.25, 0.3) is 0 Å². The second-order valence-electron chi connectivity index (χ2n) is 3.92. The normalized spacial score (nSPS) is 18.9. The smallest absolute Gasteiger partial charge is 0.205 e. The molecule has 0 unspecified atom stereocenters. The van der Waals surface area contributed by atoms with E-state index < -0.39 is 0 Å². The van der Waals surface area contributed by atoms with Crippen molar-refractivity contribution >= 4 is 17.5 Å². The maximum Gasteiger partial charge on any atom is 0.205 e. The number of hydrogen-bond acceptors (Lipinski definition) is 2. The Kier molecular flexibility index (Phi) is 2.96. The fourth-order valence-electron chi connectivity index (χ4n) is 1.95. The van der Waals surface area contributed by atoms with Crippen molar-refractivity contribution in [2.24, 2.45) is 13.0 Å². The van der Waals surface area contributed by atoms with Gasteiger partial charge >= 0.3 is 0 Å². The van der Waals surface area contributed by atoms with Gasteiger partial charge in [-0.2, -0.15) is 0 Å². The van der Waals surface area contributed by atoms with E-state index in [0.717, 1.165) is 24.9 Å². The summed E-state index contributed by atoms with van der Waals surface area (Å²) < 4.78 is 2.07. The maximum atomic E-state index is 5.84. The van der Waals surface area contributed by atoms with Crippen molar-refractivity contribution in [2.75, 3.05) is 23.9 Å². The molecule has 0 N–H and O–H groups in total. The van der Waals surface area contributed by atoms with Gasteiger partial charge in [-0.25, -0.2) is 4.98 Å². The van der Waals surface area contributed by atoms with Gasteiger partial charge in [0.1, 0.15) is 0 Å². The fraction of sp³-hybridized carbons (Fsp3) is 0.700. The van der Waals surface area contributed by atoms with Crippen molar-refractivity contribution < 1.29 is 0 Å². The minimum Gasteiger partial charge on any atom is -0.342 e. The van der Waals surface area contributed by atoms with E-state index in [2.05, 4.69) is 14.5 Å². The Balaban J connectivity index is 1.99. The second-order valence-corrected chi connectivity index (χ2v) is 4.23. The summed E-state index contributed by atoms with van der Waals surface area (Å²) in [7, 11) is 2.04. The quantitative estimate of drug-likeness (QED) is 0.700. The highest BCUT2D eigenvalue weighted by molar-refractivity contribution is 6.18. The molecule has 0 aromatic carbocycles. The highest BCUT2D eigenvalue weighted by Crippen LogP contribution is 2.22. The predicted molar refractivity (Wildman–Crippen MR) is 58.9 cm³/mol. The molecule has 0 bridgehead atoms. The lowest BCUT2D eigenvalue weighted by Gasteiger charge is -2.31. The fourth-order valence-corrected chi connectivity index (χ4v) is 2.26. The van der Waals surface area contributed by atoms with E-state index in [9.17, 15) is 0 Å². The molecule has 0 spiro atoms. The lowest BCUT2D eigenvalue weighted by atomic mass is 9.99. The van der Waals surface area contributed by atoms with Crippen LogP contribution in [0.4, 0.5) is 5.95 Å². The van der Waals surface area contributed by atoms with Gasteiger partial charge in [-0.1, -0.05) is 0 Å². The van der Waals surface area contributed by atoms with E-state index in [1.807, 2.05) is 19.4 Å². The highest BCUT2D eigenvalue weighted by atomic mass is 35.5. The Morgan fingerprint density at radius 3 is 2.71 bits per heavy atom. The molecule has 1 aromatic heterocycles. The van der Waals surface area contributed by atoms with Gasteiger partial charge in [-0.15, -0.1) is 11.6 Å². The van der Waals surface area contributed by atoms with E-state index in [0.29, 0.717) is 5.92 Å². The number of halogens is 1. The van der Waals surface area contributed by atoms with Crippen LogP contribution in [0.2, 0.25) is 0 Å². The molecule has 1 saturated heterocycles. The van der Waals surface area contributed by atoms with Gasteiger partial charge in [0.2, 0.25) is 5.95 Å². The monoisotopic (exact) mass is 213 g/mol. The van der Waals surface area contributed by atoms with E-state index >= 15 is 0 Å². The number of rotatable bonds is 2. The van der Waals surface area contributed by atoms with Crippen LogP contribution in [-0.2, 0) is 7.05 Å². The number of aryl methyl sites for hydroxylation is 1. The Bertz CT molecular complexity index is 289. The van der Waals surface area contributed by atoms with Crippen LogP contribution in [0.15, 0.2) is 12.4 Å². The second kappa shape index (κ2) is 4.22. The van der Waals surface area contributed by atoms with Crippen molar-refractivity contribution in [2.45, 2.75) is 12.8 Å². The molecule has 0 saturated carbocycles. The van der Waals surface area contributed by atoms with E-state index in [1.165, 1.54) is 12.8 Å². The number of imidazole rings is 1. The zero-order valence-corrected chi connectivity index (χ0v) is 9.24. The minimum absolute atomic E-state index is 0.702. The van der Waals surface area contributed by atoms with Crippen molar-refractivity contribution in [3.63, 3.8) is 0 Å². The molecule has 0 atom stereocenters. The average Bonchev–Trinajstić information content (AvgIpc) is 2.65. The molecule has 0 radical (unpaired) electrons. The largest absolute Gasteiger partial charge is 0.342 e. The molecule has 3 nitrogen and oxygen atoms in total. The molecule has 2 rings (SSSR count). The van der Waals surface area contributed by atoms with Gasteiger partial charge in [-0.05, 0) is 18.8 Å². The summed E-state index contributed by atoms with van der Waals surface area (Å²) in [6.07, 6.45) is 6.22. The minimum atomic E-state index is 0.702. The lowest BCUT2D eigenvalue weighted by molar-refractivity contribution is 0.437. The number of aromatic nitrogens is 2. The molecule has 78 valence electrons. The first-order valence-corrected chi connectivity index (χ1v) is 5.63. The number of nitrogens with zero attached hydrogens (tertiary/aromatic N) is 3. The standard InChI is InChI=1S/C10H16ClN3/c1-13-7-4-12-10(13)14-5-2-9(8-11)3-6-14/h4,7,9H,2-3,5-6,8H2,1H3. The van der Waals surface area contributed by atoms with Crippen molar-refractivity contribution in [1.29, 1.82) is 0 Å². The van der Waals surface area contributed by atoms with E-state index in [4.69, 9.17) is 11.6 Å². The topological polar surface area (TPSA) is 21.1 Å². The summed E-state index contributed by atoms with van der Waals surface area (Å²) in [6, 6.07) is 0. The lowest BCUT2D eigenvalue weighted by Crippen LogP contribution is -2.35. The van der Waals surface area contributed by atoms with Crippen molar-refractivity contribution in [1.82, 2.24) is 9.55 Å². The van der Waals surface area contributed by atoms with Crippen LogP contribution in [0.3, 0.4) is 0 Å². The van der Waals surface area contributed by atoms with Gasteiger partial charge in [0, 0.05) is 38.4 Å². The van der Waals surface area contributed by atoms with Crippen LogP contribution in [0.5, 0.6) is 0 Å². The number of anilines is 1. The molecule has 2 heterocycles. The summed E-state index contributed by atoms with van der Waals surface area (Å²) in [5.41, 5.74) is 0. The zero-order valence-electron chi connectivity index (χ0n) is 8.49. The van der Waals surface area contributed by atoms with Gasteiger partial charge in [0.05, 0.1) is 0 Å². The Morgan fingerprint density at radius 1 is 1.50 bits per heavy atom. The first kappa shape index (κ1) is 9.84. The van der Waals surface area contributed by atoms with Crippen LogP contribution in [0, 0.1) is 5.92 Å². The number of alkyl halides is 1.